The third-order valence-electron chi connectivity index (χ3n) is 2.59. The molecule has 12 heavy (non-hydrogen) atoms. The summed E-state index contributed by atoms with van der Waals surface area (Å²) in [5.41, 5.74) is -1.54. The van der Waals surface area contributed by atoms with Crippen molar-refractivity contribution < 1.29 is 20.1 Å². The van der Waals surface area contributed by atoms with Gasteiger partial charge < -0.3 is 15.3 Å². The molecule has 0 bridgehead atoms. The first-order valence-electron chi connectivity index (χ1n) is 4.15. The second kappa shape index (κ2) is 3.41. The number of aliphatic carboxylic acids is 1. The van der Waals surface area contributed by atoms with E-state index in [0.29, 0.717) is 12.8 Å². The van der Waals surface area contributed by atoms with Crippen molar-refractivity contribution in [2.24, 2.45) is 5.92 Å². The van der Waals surface area contributed by atoms with Crippen LogP contribution in [-0.4, -0.2) is 33.5 Å². The second-order valence-electron chi connectivity index (χ2n) is 3.46. The van der Waals surface area contributed by atoms with Crippen molar-refractivity contribution in [3.05, 3.63) is 0 Å². The maximum Gasteiger partial charge on any atom is 0.335 e. The normalized spacial score (nSPS) is 36.3. The zero-order valence-corrected chi connectivity index (χ0v) is 6.86. The summed E-state index contributed by atoms with van der Waals surface area (Å²) in [6.07, 6.45) is 1.71. The first-order valence-corrected chi connectivity index (χ1v) is 4.15. The fourth-order valence-electron chi connectivity index (χ4n) is 1.55. The quantitative estimate of drug-likeness (QED) is 0.550. The van der Waals surface area contributed by atoms with Crippen LogP contribution in [-0.2, 0) is 4.79 Å². The number of rotatable bonds is 2. The van der Waals surface area contributed by atoms with Crippen LogP contribution in [0.3, 0.4) is 0 Å². The molecule has 1 aliphatic rings. The monoisotopic (exact) mass is 174 g/mol. The summed E-state index contributed by atoms with van der Waals surface area (Å²) in [7, 11) is 0. The maximum atomic E-state index is 10.6. The summed E-state index contributed by atoms with van der Waals surface area (Å²) in [6.45, 7) is 0.0930. The van der Waals surface area contributed by atoms with Crippen molar-refractivity contribution in [2.45, 2.75) is 31.3 Å². The molecular formula is C8H14O4. The Balaban J connectivity index is 2.49. The van der Waals surface area contributed by atoms with Gasteiger partial charge in [-0.1, -0.05) is 0 Å². The van der Waals surface area contributed by atoms with Crippen LogP contribution < -0.4 is 0 Å². The third-order valence-corrected chi connectivity index (χ3v) is 2.59. The van der Waals surface area contributed by atoms with Crippen LogP contribution in [0.5, 0.6) is 0 Å². The van der Waals surface area contributed by atoms with Gasteiger partial charge in [-0.15, -0.1) is 0 Å². The van der Waals surface area contributed by atoms with Gasteiger partial charge in [-0.05, 0) is 31.6 Å². The first kappa shape index (κ1) is 9.48. The number of aliphatic hydroxyl groups is 2. The summed E-state index contributed by atoms with van der Waals surface area (Å²) in [5, 5.41) is 26.9. The topological polar surface area (TPSA) is 77.8 Å². The summed E-state index contributed by atoms with van der Waals surface area (Å²) in [6, 6.07) is 0. The molecule has 1 fully saturated rings. The third kappa shape index (κ3) is 1.76. The van der Waals surface area contributed by atoms with Crippen molar-refractivity contribution >= 4 is 5.97 Å². The average molecular weight is 174 g/mol. The van der Waals surface area contributed by atoms with E-state index in [1.54, 1.807) is 0 Å². The molecule has 0 spiro atoms. The fraction of sp³-hybridized carbons (Fsp3) is 0.875. The SMILES string of the molecule is O=C(O)C1(O)CCC(CO)CC1. The maximum absolute atomic E-state index is 10.6. The smallest absolute Gasteiger partial charge is 0.335 e. The molecule has 0 radical (unpaired) electrons. The summed E-state index contributed by atoms with van der Waals surface area (Å²) < 4.78 is 0. The largest absolute Gasteiger partial charge is 0.479 e. The molecule has 1 saturated carbocycles. The molecule has 70 valence electrons. The van der Waals surface area contributed by atoms with Crippen LogP contribution in [0, 0.1) is 5.92 Å². The van der Waals surface area contributed by atoms with E-state index in [4.69, 9.17) is 10.2 Å². The van der Waals surface area contributed by atoms with E-state index in [2.05, 4.69) is 0 Å². The van der Waals surface area contributed by atoms with Gasteiger partial charge in [0.15, 0.2) is 5.60 Å². The lowest BCUT2D eigenvalue weighted by Crippen LogP contribution is -2.42. The Hall–Kier alpha value is -0.610. The van der Waals surface area contributed by atoms with Crippen LogP contribution in [0.25, 0.3) is 0 Å². The molecule has 0 saturated heterocycles. The Morgan fingerprint density at radius 2 is 1.92 bits per heavy atom. The van der Waals surface area contributed by atoms with Gasteiger partial charge in [0.25, 0.3) is 0 Å². The number of carboxylic acid groups (broad SMARTS) is 1. The Labute approximate surface area is 70.8 Å². The summed E-state index contributed by atoms with van der Waals surface area (Å²) in [4.78, 5) is 10.6. The van der Waals surface area contributed by atoms with Crippen molar-refractivity contribution in [2.75, 3.05) is 6.61 Å². The zero-order chi connectivity index (χ0) is 9.19. The minimum atomic E-state index is -1.54. The van der Waals surface area contributed by atoms with Gasteiger partial charge in [-0.2, -0.15) is 0 Å². The minimum Gasteiger partial charge on any atom is -0.479 e. The molecule has 1 rings (SSSR count). The van der Waals surface area contributed by atoms with Gasteiger partial charge in [-0.25, -0.2) is 4.79 Å². The highest BCUT2D eigenvalue weighted by molar-refractivity contribution is 5.77. The van der Waals surface area contributed by atoms with Gasteiger partial charge >= 0.3 is 5.97 Å². The lowest BCUT2D eigenvalue weighted by Gasteiger charge is -2.31. The number of aliphatic hydroxyl groups excluding tert-OH is 1. The highest BCUT2D eigenvalue weighted by Gasteiger charge is 2.39. The number of hydrogen-bond donors (Lipinski definition) is 3. The molecule has 3 N–H and O–H groups in total. The molecule has 4 heteroatoms. The van der Waals surface area contributed by atoms with E-state index in [9.17, 15) is 9.90 Å². The van der Waals surface area contributed by atoms with Crippen molar-refractivity contribution in [1.82, 2.24) is 0 Å². The van der Waals surface area contributed by atoms with Crippen LogP contribution in [0.4, 0.5) is 0 Å². The standard InChI is InChI=1S/C8H14O4/c9-5-6-1-3-8(12,4-2-6)7(10)11/h6,9,12H,1-5H2,(H,10,11). The summed E-state index contributed by atoms with van der Waals surface area (Å²) in [5.74, 6) is -0.969. The predicted octanol–water partition coefficient (Wildman–Crippen LogP) is -0.0154. The van der Waals surface area contributed by atoms with Crippen molar-refractivity contribution in [3.8, 4) is 0 Å². The van der Waals surface area contributed by atoms with Crippen molar-refractivity contribution in [3.63, 3.8) is 0 Å². The molecule has 0 aromatic heterocycles. The Bertz CT molecular complexity index is 170. The number of carbonyl (C=O) groups is 1. The van der Waals surface area contributed by atoms with Crippen LogP contribution >= 0.6 is 0 Å². The molecule has 0 heterocycles. The molecule has 0 unspecified atom stereocenters. The number of carboxylic acids is 1. The molecular weight excluding hydrogens is 160 g/mol. The molecule has 0 atom stereocenters. The van der Waals surface area contributed by atoms with E-state index < -0.39 is 11.6 Å². The van der Waals surface area contributed by atoms with Crippen LogP contribution in [0.1, 0.15) is 25.7 Å². The lowest BCUT2D eigenvalue weighted by molar-refractivity contribution is -0.163. The average Bonchev–Trinajstić information content (AvgIpc) is 2.06. The predicted molar refractivity (Wildman–Crippen MR) is 41.6 cm³/mol. The lowest BCUT2D eigenvalue weighted by atomic mass is 9.79. The van der Waals surface area contributed by atoms with E-state index >= 15 is 0 Å². The van der Waals surface area contributed by atoms with E-state index in [-0.39, 0.29) is 25.4 Å². The molecule has 1 aliphatic carbocycles. The Kier molecular flexibility index (Phi) is 2.69. The van der Waals surface area contributed by atoms with E-state index in [0.717, 1.165) is 0 Å². The fourth-order valence-corrected chi connectivity index (χ4v) is 1.55. The van der Waals surface area contributed by atoms with Gasteiger partial charge in [-0.3, -0.25) is 0 Å². The highest BCUT2D eigenvalue weighted by Crippen LogP contribution is 2.31. The van der Waals surface area contributed by atoms with Crippen LogP contribution in [0.15, 0.2) is 0 Å². The van der Waals surface area contributed by atoms with E-state index in [1.165, 1.54) is 0 Å². The van der Waals surface area contributed by atoms with Crippen molar-refractivity contribution in [1.29, 1.82) is 0 Å². The van der Waals surface area contributed by atoms with Gasteiger partial charge in [0.1, 0.15) is 0 Å². The minimum absolute atomic E-state index is 0.0930. The van der Waals surface area contributed by atoms with E-state index in [1.807, 2.05) is 0 Å². The molecule has 0 aromatic carbocycles. The summed E-state index contributed by atoms with van der Waals surface area (Å²) >= 11 is 0. The molecule has 4 nitrogen and oxygen atoms in total. The van der Waals surface area contributed by atoms with Gasteiger partial charge in [0.05, 0.1) is 0 Å². The second-order valence-corrected chi connectivity index (χ2v) is 3.46. The molecule has 0 aromatic rings. The van der Waals surface area contributed by atoms with Gasteiger partial charge in [0, 0.05) is 6.61 Å². The Morgan fingerprint density at radius 3 is 2.25 bits per heavy atom. The van der Waals surface area contributed by atoms with Crippen LogP contribution in [0.2, 0.25) is 0 Å². The Morgan fingerprint density at radius 1 is 1.42 bits per heavy atom. The zero-order valence-electron chi connectivity index (χ0n) is 6.86. The first-order chi connectivity index (χ1) is 5.58. The van der Waals surface area contributed by atoms with Gasteiger partial charge in [0.2, 0.25) is 0 Å². The molecule has 0 amide bonds. The number of hydrogen-bond acceptors (Lipinski definition) is 3. The highest BCUT2D eigenvalue weighted by atomic mass is 16.4. The molecule has 0 aliphatic heterocycles.